The number of benzene rings is 1. The van der Waals surface area contributed by atoms with Crippen LogP contribution in [0, 0.1) is 0 Å². The number of piperidine rings is 1. The number of rotatable bonds is 4. The Morgan fingerprint density at radius 1 is 1.21 bits per heavy atom. The Kier molecular flexibility index (Phi) is 5.76. The van der Waals surface area contributed by atoms with Crippen molar-refractivity contribution < 1.29 is 18.3 Å². The molecule has 1 saturated carbocycles. The van der Waals surface area contributed by atoms with Crippen molar-refractivity contribution in [1.82, 2.24) is 9.55 Å². The Morgan fingerprint density at radius 3 is 2.64 bits per heavy atom. The second kappa shape index (κ2) is 8.59. The molecule has 6 nitrogen and oxygen atoms in total. The fraction of sp³-hybridized carbons (Fsp3) is 0.500. The third-order valence-corrected chi connectivity index (χ3v) is 8.22. The summed E-state index contributed by atoms with van der Waals surface area (Å²) in [7, 11) is 1.30. The zero-order valence-corrected chi connectivity index (χ0v) is 19.5. The van der Waals surface area contributed by atoms with Gasteiger partial charge < -0.3 is 19.9 Å². The minimum atomic E-state index is -2.67. The lowest BCUT2D eigenvalue weighted by Gasteiger charge is -2.32. The number of fused-ring (bicyclic) bond motifs is 1. The summed E-state index contributed by atoms with van der Waals surface area (Å²) in [5, 5.41) is 0.595. The molecule has 2 fully saturated rings. The number of imidazole rings is 1. The number of thiophene rings is 1. The van der Waals surface area contributed by atoms with E-state index in [0.29, 0.717) is 16.7 Å². The average Bonchev–Trinajstić information content (AvgIpc) is 3.40. The number of methoxy groups -OCH3 is 1. The molecule has 2 aromatic heterocycles. The van der Waals surface area contributed by atoms with Gasteiger partial charge in [-0.05, 0) is 30.5 Å². The average molecular weight is 475 g/mol. The number of nitrogens with zero attached hydrogens (tertiary/aromatic N) is 3. The lowest BCUT2D eigenvalue weighted by molar-refractivity contribution is -0.0219. The predicted octanol–water partition coefficient (Wildman–Crippen LogP) is 5.87. The number of aromatic nitrogens is 2. The monoisotopic (exact) mass is 474 g/mol. The highest BCUT2D eigenvalue weighted by molar-refractivity contribution is 7.20. The molecule has 3 heterocycles. The Hall–Kier alpha value is -2.68. The fourth-order valence-electron chi connectivity index (χ4n) is 5.03. The number of hydrogen-bond donors (Lipinski definition) is 1. The lowest BCUT2D eigenvalue weighted by Crippen LogP contribution is -2.39. The predicted molar refractivity (Wildman–Crippen MR) is 127 cm³/mol. The van der Waals surface area contributed by atoms with Crippen LogP contribution in [0.3, 0.4) is 0 Å². The molecule has 3 aromatic rings. The number of anilines is 2. The molecule has 1 aliphatic carbocycles. The first-order chi connectivity index (χ1) is 15.9. The maximum Gasteiger partial charge on any atom is 0.343 e. The summed E-state index contributed by atoms with van der Waals surface area (Å²) < 4.78 is 34.7. The first kappa shape index (κ1) is 22.1. The van der Waals surface area contributed by atoms with Crippen LogP contribution in [0.25, 0.3) is 21.5 Å². The van der Waals surface area contributed by atoms with E-state index in [0.717, 1.165) is 21.5 Å². The van der Waals surface area contributed by atoms with Crippen molar-refractivity contribution >= 4 is 39.0 Å². The van der Waals surface area contributed by atoms with Crippen molar-refractivity contribution in [2.75, 3.05) is 30.8 Å². The minimum Gasteiger partial charge on any atom is -0.465 e. The summed E-state index contributed by atoms with van der Waals surface area (Å²) in [6.07, 6.45) is 7.56. The van der Waals surface area contributed by atoms with E-state index in [1.807, 2.05) is 23.4 Å². The van der Waals surface area contributed by atoms with Crippen LogP contribution >= 0.6 is 11.3 Å². The highest BCUT2D eigenvalue weighted by Crippen LogP contribution is 2.46. The molecule has 2 N–H and O–H groups in total. The van der Waals surface area contributed by atoms with E-state index >= 15 is 0 Å². The Labute approximate surface area is 195 Å². The van der Waals surface area contributed by atoms with E-state index in [4.69, 9.17) is 10.5 Å². The van der Waals surface area contributed by atoms with Gasteiger partial charge in [-0.15, -0.1) is 11.3 Å². The summed E-state index contributed by atoms with van der Waals surface area (Å²) in [5.74, 6) is -3.22. The molecular weight excluding hydrogens is 446 g/mol. The highest BCUT2D eigenvalue weighted by atomic mass is 32.1. The number of nitrogens with two attached hydrogens (primary N) is 1. The number of halogens is 2. The molecule has 0 bridgehead atoms. The van der Waals surface area contributed by atoms with Gasteiger partial charge >= 0.3 is 5.97 Å². The molecular formula is C24H28F2N4O2S. The highest BCUT2D eigenvalue weighted by Gasteiger charge is 2.37. The molecule has 176 valence electrons. The third-order valence-electron chi connectivity index (χ3n) is 6.90. The van der Waals surface area contributed by atoms with Crippen LogP contribution in [-0.2, 0) is 4.74 Å². The second-order valence-electron chi connectivity index (χ2n) is 9.01. The maximum absolute atomic E-state index is 13.7. The van der Waals surface area contributed by atoms with E-state index in [1.165, 1.54) is 50.6 Å². The molecule has 0 radical (unpaired) electrons. The fourth-order valence-corrected chi connectivity index (χ4v) is 6.29. The number of alkyl halides is 2. The number of carbonyl (C=O) groups is 1. The molecule has 9 heteroatoms. The van der Waals surface area contributed by atoms with Crippen LogP contribution in [0.2, 0.25) is 0 Å². The third kappa shape index (κ3) is 4.07. The molecule has 0 amide bonds. The number of nitrogen functional groups attached to an aromatic ring is 1. The Morgan fingerprint density at radius 2 is 1.94 bits per heavy atom. The van der Waals surface area contributed by atoms with Crippen molar-refractivity contribution in [3.63, 3.8) is 0 Å². The van der Waals surface area contributed by atoms with Gasteiger partial charge in [0, 0.05) is 32.0 Å². The molecule has 1 aromatic carbocycles. The van der Waals surface area contributed by atoms with E-state index in [9.17, 15) is 13.6 Å². The lowest BCUT2D eigenvalue weighted by atomic mass is 9.95. The second-order valence-corrected chi connectivity index (χ2v) is 10.0. The van der Waals surface area contributed by atoms with Crippen molar-refractivity contribution in [2.45, 2.75) is 56.9 Å². The van der Waals surface area contributed by atoms with Gasteiger partial charge in [-0.2, -0.15) is 0 Å². The molecule has 0 spiro atoms. The quantitative estimate of drug-likeness (QED) is 0.479. The molecule has 0 atom stereocenters. The van der Waals surface area contributed by atoms with Gasteiger partial charge in [0.25, 0.3) is 5.92 Å². The SMILES string of the molecule is COC(=O)c1c(N2CCC(F)(F)CC2)sc(-c2ccc3c(c2)ncn3C2CCCCC2)c1N. The van der Waals surface area contributed by atoms with Crippen molar-refractivity contribution in [3.05, 3.63) is 30.1 Å². The van der Waals surface area contributed by atoms with Gasteiger partial charge in [0.15, 0.2) is 0 Å². The van der Waals surface area contributed by atoms with Gasteiger partial charge in [-0.25, -0.2) is 18.6 Å². The van der Waals surface area contributed by atoms with Crippen LogP contribution in [0.5, 0.6) is 0 Å². The van der Waals surface area contributed by atoms with Crippen LogP contribution in [0.1, 0.15) is 61.3 Å². The molecule has 2 aliphatic rings. The first-order valence-corrected chi connectivity index (χ1v) is 12.3. The topological polar surface area (TPSA) is 73.4 Å². The zero-order chi connectivity index (χ0) is 23.2. The van der Waals surface area contributed by atoms with Gasteiger partial charge in [-0.1, -0.05) is 25.3 Å². The molecule has 0 unspecified atom stereocenters. The molecule has 5 rings (SSSR count). The standard InChI is InChI=1S/C24H28F2N4O2S/c1-32-23(31)19-20(27)21(33-22(19)29-11-9-24(25,26)10-12-29)15-7-8-18-17(13-15)28-14-30(18)16-5-3-2-4-6-16/h7-8,13-14,16H,2-6,9-12,27H2,1H3. The van der Waals surface area contributed by atoms with Crippen molar-refractivity contribution in [2.24, 2.45) is 0 Å². The summed E-state index contributed by atoms with van der Waals surface area (Å²) in [6, 6.07) is 6.54. The van der Waals surface area contributed by atoms with Gasteiger partial charge in [-0.3, -0.25) is 0 Å². The number of ether oxygens (including phenoxy) is 1. The molecule has 1 aliphatic heterocycles. The maximum atomic E-state index is 13.7. The van der Waals surface area contributed by atoms with Crippen LogP contribution < -0.4 is 10.6 Å². The summed E-state index contributed by atoms with van der Waals surface area (Å²) in [4.78, 5) is 19.8. The largest absolute Gasteiger partial charge is 0.465 e. The minimum absolute atomic E-state index is 0.168. The van der Waals surface area contributed by atoms with E-state index in [2.05, 4.69) is 15.6 Å². The molecule has 1 saturated heterocycles. The van der Waals surface area contributed by atoms with Crippen LogP contribution in [-0.4, -0.2) is 41.6 Å². The Balaban J connectivity index is 1.52. The zero-order valence-electron chi connectivity index (χ0n) is 18.7. The number of hydrogen-bond acceptors (Lipinski definition) is 6. The smallest absolute Gasteiger partial charge is 0.343 e. The van der Waals surface area contributed by atoms with E-state index in [-0.39, 0.29) is 31.5 Å². The summed E-state index contributed by atoms with van der Waals surface area (Å²) in [5.41, 5.74) is 9.86. The van der Waals surface area contributed by atoms with Crippen LogP contribution in [0.15, 0.2) is 24.5 Å². The number of carbonyl (C=O) groups excluding carboxylic acids is 1. The first-order valence-electron chi connectivity index (χ1n) is 11.5. The van der Waals surface area contributed by atoms with Crippen LogP contribution in [0.4, 0.5) is 19.5 Å². The van der Waals surface area contributed by atoms with Gasteiger partial charge in [0.1, 0.15) is 10.6 Å². The Bertz CT molecular complexity index is 1170. The van der Waals surface area contributed by atoms with Crippen molar-refractivity contribution in [3.8, 4) is 10.4 Å². The normalized spacial score (nSPS) is 19.2. The molecule has 33 heavy (non-hydrogen) atoms. The van der Waals surface area contributed by atoms with E-state index in [1.54, 1.807) is 0 Å². The van der Waals surface area contributed by atoms with E-state index < -0.39 is 11.9 Å². The van der Waals surface area contributed by atoms with Gasteiger partial charge in [0.05, 0.1) is 35.0 Å². The van der Waals surface area contributed by atoms with Crippen molar-refractivity contribution in [1.29, 1.82) is 0 Å². The summed E-state index contributed by atoms with van der Waals surface area (Å²) >= 11 is 1.35. The number of esters is 1. The summed E-state index contributed by atoms with van der Waals surface area (Å²) in [6.45, 7) is 0.336. The van der Waals surface area contributed by atoms with Gasteiger partial charge in [0.2, 0.25) is 0 Å².